The van der Waals surface area contributed by atoms with Crippen molar-refractivity contribution in [3.63, 3.8) is 0 Å². The van der Waals surface area contributed by atoms with Crippen molar-refractivity contribution in [2.24, 2.45) is 0 Å². The number of aryl methyl sites for hydroxylation is 1. The van der Waals surface area contributed by atoms with Crippen molar-refractivity contribution in [1.82, 2.24) is 0 Å². The van der Waals surface area contributed by atoms with Crippen molar-refractivity contribution in [1.29, 1.82) is 0 Å². The van der Waals surface area contributed by atoms with Gasteiger partial charge in [-0.25, -0.2) is 8.78 Å². The molecule has 0 heterocycles. The van der Waals surface area contributed by atoms with Crippen molar-refractivity contribution in [2.45, 2.75) is 51.4 Å². The van der Waals surface area contributed by atoms with E-state index in [9.17, 15) is 13.9 Å². The van der Waals surface area contributed by atoms with Crippen molar-refractivity contribution in [3.05, 3.63) is 64.7 Å². The minimum absolute atomic E-state index is 0.207. The van der Waals surface area contributed by atoms with Gasteiger partial charge in [-0.3, -0.25) is 0 Å². The molecule has 0 aromatic heterocycles. The SMILES string of the molecule is OCCCCCCC1=C(c2cc(F)cc(F)c2)CCCc2cc(O)ccc21. The number of aliphatic hydroxyl groups is 1. The van der Waals surface area contributed by atoms with Gasteiger partial charge in [0.1, 0.15) is 17.4 Å². The third-order valence-electron chi connectivity index (χ3n) is 5.20. The van der Waals surface area contributed by atoms with Gasteiger partial charge in [-0.2, -0.15) is 0 Å². The molecule has 2 nitrogen and oxygen atoms in total. The lowest BCUT2D eigenvalue weighted by Gasteiger charge is -2.16. The Bertz CT molecular complexity index is 807. The summed E-state index contributed by atoms with van der Waals surface area (Å²) in [5, 5.41) is 18.8. The van der Waals surface area contributed by atoms with Gasteiger partial charge in [-0.15, -0.1) is 0 Å². The molecule has 0 bridgehead atoms. The second-order valence-electron chi connectivity index (χ2n) is 7.20. The quantitative estimate of drug-likeness (QED) is 0.598. The first-order valence-electron chi connectivity index (χ1n) is 9.70. The topological polar surface area (TPSA) is 40.5 Å². The summed E-state index contributed by atoms with van der Waals surface area (Å²) in [7, 11) is 0. The highest BCUT2D eigenvalue weighted by molar-refractivity contribution is 5.92. The van der Waals surface area contributed by atoms with Crippen LogP contribution in [0.5, 0.6) is 5.75 Å². The molecule has 2 aromatic rings. The van der Waals surface area contributed by atoms with E-state index in [0.717, 1.165) is 79.7 Å². The maximum atomic E-state index is 13.8. The summed E-state index contributed by atoms with van der Waals surface area (Å²) in [6.45, 7) is 0.207. The predicted molar refractivity (Wildman–Crippen MR) is 104 cm³/mol. The Morgan fingerprint density at radius 2 is 1.59 bits per heavy atom. The normalized spacial score (nSPS) is 14.2. The maximum absolute atomic E-state index is 13.8. The standard InChI is InChI=1S/C23H26F2O2/c24-18-12-17(13-19(25)15-18)21-8-5-6-16-14-20(27)9-10-22(16)23(21)7-3-1-2-4-11-26/h9-10,12-15,26-27H,1-8,11H2. The molecular formula is C23H26F2O2. The zero-order valence-electron chi connectivity index (χ0n) is 15.5. The number of hydrogen-bond acceptors (Lipinski definition) is 2. The molecule has 27 heavy (non-hydrogen) atoms. The number of allylic oxidation sites excluding steroid dienone is 2. The van der Waals surface area contributed by atoms with Gasteiger partial charge in [0.15, 0.2) is 0 Å². The van der Waals surface area contributed by atoms with Crippen LogP contribution < -0.4 is 0 Å². The second-order valence-corrected chi connectivity index (χ2v) is 7.20. The summed E-state index contributed by atoms with van der Waals surface area (Å²) in [6.07, 6.45) is 7.00. The van der Waals surface area contributed by atoms with Gasteiger partial charge in [0.05, 0.1) is 0 Å². The number of hydrogen-bond donors (Lipinski definition) is 2. The fourth-order valence-corrected chi connectivity index (χ4v) is 3.95. The van der Waals surface area contributed by atoms with E-state index in [1.165, 1.54) is 12.1 Å². The van der Waals surface area contributed by atoms with Crippen molar-refractivity contribution in [2.75, 3.05) is 6.61 Å². The molecule has 4 heteroatoms. The first-order valence-corrected chi connectivity index (χ1v) is 9.70. The number of phenols is 1. The molecule has 0 amide bonds. The first-order chi connectivity index (χ1) is 13.1. The summed E-state index contributed by atoms with van der Waals surface area (Å²) in [5.74, 6) is -0.874. The monoisotopic (exact) mass is 372 g/mol. The third kappa shape index (κ3) is 4.95. The summed E-state index contributed by atoms with van der Waals surface area (Å²) >= 11 is 0. The first kappa shape index (κ1) is 19.6. The third-order valence-corrected chi connectivity index (χ3v) is 5.20. The molecule has 0 fully saturated rings. The highest BCUT2D eigenvalue weighted by Gasteiger charge is 2.19. The molecular weight excluding hydrogens is 346 g/mol. The molecule has 1 aliphatic rings. The highest BCUT2D eigenvalue weighted by Crippen LogP contribution is 2.40. The summed E-state index contributed by atoms with van der Waals surface area (Å²) < 4.78 is 27.7. The van der Waals surface area contributed by atoms with Gasteiger partial charge in [0.25, 0.3) is 0 Å². The lowest BCUT2D eigenvalue weighted by atomic mass is 9.89. The number of rotatable bonds is 7. The second kappa shape index (κ2) is 9.14. The van der Waals surface area contributed by atoms with E-state index >= 15 is 0 Å². The average molecular weight is 372 g/mol. The van der Waals surface area contributed by atoms with E-state index in [1.807, 2.05) is 6.07 Å². The van der Waals surface area contributed by atoms with Crippen LogP contribution in [0.3, 0.4) is 0 Å². The molecule has 0 radical (unpaired) electrons. The van der Waals surface area contributed by atoms with Crippen molar-refractivity contribution in [3.8, 4) is 5.75 Å². The predicted octanol–water partition coefficient (Wildman–Crippen LogP) is 5.86. The van der Waals surface area contributed by atoms with Crippen LogP contribution in [0.15, 0.2) is 36.4 Å². The van der Waals surface area contributed by atoms with Gasteiger partial charge in [-0.1, -0.05) is 18.9 Å². The van der Waals surface area contributed by atoms with Crippen LogP contribution in [0, 0.1) is 11.6 Å². The molecule has 0 saturated carbocycles. The van der Waals surface area contributed by atoms with Crippen LogP contribution in [0.2, 0.25) is 0 Å². The van der Waals surface area contributed by atoms with Gasteiger partial charge in [0, 0.05) is 12.7 Å². The Balaban J connectivity index is 2.01. The Kier molecular flexibility index (Phi) is 6.62. The summed E-state index contributed by atoms with van der Waals surface area (Å²) in [5.41, 5.74) is 4.90. The van der Waals surface area contributed by atoms with Gasteiger partial charge in [-0.05, 0) is 90.6 Å². The van der Waals surface area contributed by atoms with Crippen LogP contribution in [0.25, 0.3) is 11.1 Å². The van der Waals surface area contributed by atoms with Crippen LogP contribution in [-0.2, 0) is 6.42 Å². The molecule has 0 spiro atoms. The minimum atomic E-state index is -0.560. The molecule has 1 aliphatic carbocycles. The molecule has 2 aromatic carbocycles. The number of aromatic hydroxyl groups is 1. The Labute approximate surface area is 159 Å². The van der Waals surface area contributed by atoms with E-state index in [-0.39, 0.29) is 12.4 Å². The van der Waals surface area contributed by atoms with Crippen LogP contribution >= 0.6 is 0 Å². The van der Waals surface area contributed by atoms with E-state index in [4.69, 9.17) is 5.11 Å². The largest absolute Gasteiger partial charge is 0.508 e. The van der Waals surface area contributed by atoms with Crippen LogP contribution in [0.1, 0.15) is 61.6 Å². The molecule has 2 N–H and O–H groups in total. The fourth-order valence-electron chi connectivity index (χ4n) is 3.95. The number of fused-ring (bicyclic) bond motifs is 1. The molecule has 144 valence electrons. The van der Waals surface area contributed by atoms with Crippen LogP contribution in [0.4, 0.5) is 8.78 Å². The average Bonchev–Trinajstić information content (AvgIpc) is 2.80. The number of unbranched alkanes of at least 4 members (excludes halogenated alkanes) is 3. The van der Waals surface area contributed by atoms with E-state index in [2.05, 4.69) is 0 Å². The number of phenolic OH excluding ortho intramolecular Hbond substituents is 1. The molecule has 0 aliphatic heterocycles. The molecule has 0 unspecified atom stereocenters. The van der Waals surface area contributed by atoms with Crippen LogP contribution in [-0.4, -0.2) is 16.8 Å². The number of halogens is 2. The zero-order chi connectivity index (χ0) is 19.2. The summed E-state index contributed by atoms with van der Waals surface area (Å²) in [4.78, 5) is 0. The lowest BCUT2D eigenvalue weighted by molar-refractivity contribution is 0.282. The smallest absolute Gasteiger partial charge is 0.126 e. The van der Waals surface area contributed by atoms with Crippen molar-refractivity contribution >= 4 is 11.1 Å². The number of benzene rings is 2. The molecule has 0 atom stereocenters. The fraction of sp³-hybridized carbons (Fsp3) is 0.391. The highest BCUT2D eigenvalue weighted by atomic mass is 19.1. The zero-order valence-corrected chi connectivity index (χ0v) is 15.5. The minimum Gasteiger partial charge on any atom is -0.508 e. The van der Waals surface area contributed by atoms with Gasteiger partial charge in [0.2, 0.25) is 0 Å². The van der Waals surface area contributed by atoms with E-state index in [0.29, 0.717) is 5.56 Å². The summed E-state index contributed by atoms with van der Waals surface area (Å²) in [6, 6.07) is 9.14. The maximum Gasteiger partial charge on any atom is 0.126 e. The van der Waals surface area contributed by atoms with Gasteiger partial charge < -0.3 is 10.2 Å². The Morgan fingerprint density at radius 3 is 2.33 bits per heavy atom. The lowest BCUT2D eigenvalue weighted by Crippen LogP contribution is -1.96. The number of aliphatic hydroxyl groups excluding tert-OH is 1. The Hall–Kier alpha value is -2.20. The van der Waals surface area contributed by atoms with E-state index < -0.39 is 11.6 Å². The van der Waals surface area contributed by atoms with Crippen molar-refractivity contribution < 1.29 is 19.0 Å². The van der Waals surface area contributed by atoms with Gasteiger partial charge >= 0.3 is 0 Å². The Morgan fingerprint density at radius 1 is 0.852 bits per heavy atom. The van der Waals surface area contributed by atoms with E-state index in [1.54, 1.807) is 12.1 Å². The molecule has 0 saturated heterocycles. The molecule has 3 rings (SSSR count).